The van der Waals surface area contributed by atoms with Crippen LogP contribution < -0.4 is 16.4 Å². The number of ether oxygens (including phenoxy) is 1. The van der Waals surface area contributed by atoms with Crippen molar-refractivity contribution in [3.05, 3.63) is 77.0 Å². The molecule has 0 bridgehead atoms. The first-order chi connectivity index (χ1) is 19.7. The van der Waals surface area contributed by atoms with Crippen molar-refractivity contribution in [2.75, 3.05) is 29.5 Å². The van der Waals surface area contributed by atoms with E-state index in [9.17, 15) is 9.59 Å². The predicted molar refractivity (Wildman–Crippen MR) is 162 cm³/mol. The van der Waals surface area contributed by atoms with Crippen molar-refractivity contribution < 1.29 is 14.3 Å². The molecule has 1 aliphatic heterocycles. The number of benzene rings is 2. The summed E-state index contributed by atoms with van der Waals surface area (Å²) in [5, 5.41) is 15.0. The lowest BCUT2D eigenvalue weighted by molar-refractivity contribution is -0.135. The van der Waals surface area contributed by atoms with Gasteiger partial charge in [0.2, 0.25) is 11.8 Å². The maximum Gasteiger partial charge on any atom is 0.255 e. The molecule has 0 spiro atoms. The number of piperidine rings is 1. The molecule has 2 amide bonds. The van der Waals surface area contributed by atoms with E-state index in [-0.39, 0.29) is 35.6 Å². The van der Waals surface area contributed by atoms with Crippen molar-refractivity contribution >= 4 is 40.6 Å². The molecule has 1 aliphatic carbocycles. The quantitative estimate of drug-likeness (QED) is 0.204. The number of hydrogen-bond acceptors (Lipinski definition) is 7. The number of nitrogen functional groups attached to an aromatic ring is 1. The molecule has 2 aromatic carbocycles. The molecule has 1 aromatic heterocycles. The number of pyridine rings is 1. The van der Waals surface area contributed by atoms with Crippen LogP contribution in [0.15, 0.2) is 54.7 Å². The summed E-state index contributed by atoms with van der Waals surface area (Å²) in [6.07, 6.45) is 4.80. The number of aromatic nitrogens is 1. The first kappa shape index (κ1) is 28.1. The molecule has 5 N–H and O–H groups in total. The Morgan fingerprint density at radius 2 is 1.90 bits per heavy atom. The highest BCUT2D eigenvalue weighted by Gasteiger charge is 2.36. The fourth-order valence-corrected chi connectivity index (χ4v) is 5.37. The Balaban J connectivity index is 1.28. The van der Waals surface area contributed by atoms with E-state index in [0.717, 1.165) is 43.5 Å². The van der Waals surface area contributed by atoms with Crippen LogP contribution in [-0.4, -0.2) is 46.8 Å². The van der Waals surface area contributed by atoms with Gasteiger partial charge in [-0.15, -0.1) is 0 Å². The normalized spacial score (nSPS) is 16.8. The zero-order valence-electron chi connectivity index (χ0n) is 23.9. The standard InChI is InChI=1S/C32H38N6O3/c1-19(2)26-12-11-24(16-20(26)3)37-31(39)22-6-4-7-23(17-22)36-27-13-14-35-29(33)28(27)30(34)41-25-8-5-15-38(18-25)32(40)21-9-10-21/h4,6-7,11-14,16-17,19,21,25,34H,5,8-10,15,18H2,1-3H3,(H,37,39)(H3,33,35,36)/t25-/m1/s1. The number of carbonyl (C=O) groups excluding carboxylic acids is 2. The number of aryl methyl sites for hydroxylation is 1. The van der Waals surface area contributed by atoms with E-state index in [1.54, 1.807) is 30.5 Å². The number of anilines is 4. The summed E-state index contributed by atoms with van der Waals surface area (Å²) in [5.74, 6) is 0.604. The highest BCUT2D eigenvalue weighted by molar-refractivity contribution is 6.05. The zero-order valence-corrected chi connectivity index (χ0v) is 23.9. The van der Waals surface area contributed by atoms with Crippen LogP contribution in [0.2, 0.25) is 0 Å². The van der Waals surface area contributed by atoms with Gasteiger partial charge in [0.25, 0.3) is 5.91 Å². The van der Waals surface area contributed by atoms with Crippen molar-refractivity contribution in [1.82, 2.24) is 9.88 Å². The topological polar surface area (TPSA) is 133 Å². The average molecular weight is 555 g/mol. The Kier molecular flexibility index (Phi) is 8.23. The minimum Gasteiger partial charge on any atom is -0.472 e. The van der Waals surface area contributed by atoms with Gasteiger partial charge in [0, 0.05) is 35.6 Å². The lowest BCUT2D eigenvalue weighted by Crippen LogP contribution is -2.44. The van der Waals surface area contributed by atoms with Crippen LogP contribution in [0.25, 0.3) is 0 Å². The largest absolute Gasteiger partial charge is 0.472 e. The molecule has 2 heterocycles. The van der Waals surface area contributed by atoms with Gasteiger partial charge in [-0.05, 0) is 86.1 Å². The van der Waals surface area contributed by atoms with E-state index < -0.39 is 0 Å². The maximum atomic E-state index is 13.1. The van der Waals surface area contributed by atoms with Crippen LogP contribution in [0, 0.1) is 18.3 Å². The number of rotatable bonds is 8. The summed E-state index contributed by atoms with van der Waals surface area (Å²) in [5.41, 5.74) is 11.4. The van der Waals surface area contributed by atoms with Crippen molar-refractivity contribution in [2.24, 2.45) is 5.92 Å². The van der Waals surface area contributed by atoms with E-state index in [1.807, 2.05) is 30.0 Å². The fraction of sp³-hybridized carbons (Fsp3) is 0.375. The second kappa shape index (κ2) is 12.0. The predicted octanol–water partition coefficient (Wildman–Crippen LogP) is 5.83. The van der Waals surface area contributed by atoms with Gasteiger partial charge in [-0.2, -0.15) is 0 Å². The van der Waals surface area contributed by atoms with Crippen LogP contribution in [0.4, 0.5) is 22.9 Å². The van der Waals surface area contributed by atoms with E-state index in [4.69, 9.17) is 15.9 Å². The maximum absolute atomic E-state index is 13.1. The Hall–Kier alpha value is -4.40. The van der Waals surface area contributed by atoms with Crippen LogP contribution in [0.1, 0.15) is 72.5 Å². The molecule has 1 atom stereocenters. The minimum atomic E-state index is -0.281. The molecule has 5 rings (SSSR count). The first-order valence-corrected chi connectivity index (χ1v) is 14.3. The Labute approximate surface area is 241 Å². The number of nitrogens with two attached hydrogens (primary N) is 1. The number of nitrogens with one attached hydrogen (secondary N) is 3. The summed E-state index contributed by atoms with van der Waals surface area (Å²) in [6.45, 7) is 7.55. The van der Waals surface area contributed by atoms with Crippen LogP contribution in [0.3, 0.4) is 0 Å². The third-order valence-electron chi connectivity index (χ3n) is 7.66. The van der Waals surface area contributed by atoms with E-state index in [1.165, 1.54) is 5.56 Å². The summed E-state index contributed by atoms with van der Waals surface area (Å²) < 4.78 is 6.04. The molecule has 0 unspecified atom stereocenters. The lowest BCUT2D eigenvalue weighted by Gasteiger charge is -2.33. The molecule has 2 fully saturated rings. The number of amides is 2. The number of carbonyl (C=O) groups is 2. The second-order valence-electron chi connectivity index (χ2n) is 11.3. The lowest BCUT2D eigenvalue weighted by atomic mass is 9.97. The van der Waals surface area contributed by atoms with E-state index >= 15 is 0 Å². The molecule has 41 heavy (non-hydrogen) atoms. The van der Waals surface area contributed by atoms with Crippen molar-refractivity contribution in [2.45, 2.75) is 58.5 Å². The third-order valence-corrected chi connectivity index (χ3v) is 7.66. The summed E-state index contributed by atoms with van der Waals surface area (Å²) in [7, 11) is 0. The Morgan fingerprint density at radius 3 is 2.63 bits per heavy atom. The van der Waals surface area contributed by atoms with Crippen molar-refractivity contribution in [3.63, 3.8) is 0 Å². The molecule has 0 radical (unpaired) electrons. The van der Waals surface area contributed by atoms with Gasteiger partial charge >= 0.3 is 0 Å². The van der Waals surface area contributed by atoms with Gasteiger partial charge in [0.05, 0.1) is 12.2 Å². The highest BCUT2D eigenvalue weighted by Crippen LogP contribution is 2.33. The third kappa shape index (κ3) is 6.67. The molecule has 1 saturated heterocycles. The average Bonchev–Trinajstić information content (AvgIpc) is 3.78. The van der Waals surface area contributed by atoms with Crippen LogP contribution >= 0.6 is 0 Å². The van der Waals surface area contributed by atoms with Crippen LogP contribution in [-0.2, 0) is 9.53 Å². The first-order valence-electron chi connectivity index (χ1n) is 14.3. The highest BCUT2D eigenvalue weighted by atomic mass is 16.5. The number of hydrogen-bond donors (Lipinski definition) is 4. The van der Waals surface area contributed by atoms with Gasteiger partial charge < -0.3 is 26.0 Å². The summed E-state index contributed by atoms with van der Waals surface area (Å²) in [4.78, 5) is 31.7. The molecule has 214 valence electrons. The minimum absolute atomic E-state index is 0.0991. The van der Waals surface area contributed by atoms with Crippen molar-refractivity contribution in [3.8, 4) is 0 Å². The molecule has 2 aliphatic rings. The Bertz CT molecular complexity index is 1470. The van der Waals surface area contributed by atoms with Gasteiger partial charge in [0.15, 0.2) is 0 Å². The second-order valence-corrected chi connectivity index (χ2v) is 11.3. The summed E-state index contributed by atoms with van der Waals surface area (Å²) in [6, 6.07) is 14.8. The van der Waals surface area contributed by atoms with Gasteiger partial charge in [0.1, 0.15) is 17.5 Å². The van der Waals surface area contributed by atoms with Crippen molar-refractivity contribution in [1.29, 1.82) is 5.41 Å². The zero-order chi connectivity index (χ0) is 29.1. The van der Waals surface area contributed by atoms with Gasteiger partial charge in [-0.3, -0.25) is 15.0 Å². The summed E-state index contributed by atoms with van der Waals surface area (Å²) >= 11 is 0. The molecular weight excluding hydrogens is 516 g/mol. The number of likely N-dealkylation sites (tertiary alicyclic amines) is 1. The smallest absolute Gasteiger partial charge is 0.255 e. The van der Waals surface area contributed by atoms with E-state index in [0.29, 0.717) is 35.0 Å². The monoisotopic (exact) mass is 554 g/mol. The molecule has 9 nitrogen and oxygen atoms in total. The van der Waals surface area contributed by atoms with Gasteiger partial charge in [-0.25, -0.2) is 4.98 Å². The Morgan fingerprint density at radius 1 is 1.10 bits per heavy atom. The fourth-order valence-electron chi connectivity index (χ4n) is 5.37. The van der Waals surface area contributed by atoms with E-state index in [2.05, 4.69) is 35.5 Å². The van der Waals surface area contributed by atoms with Gasteiger partial charge in [-0.1, -0.05) is 26.0 Å². The molecule has 3 aromatic rings. The van der Waals surface area contributed by atoms with Crippen LogP contribution in [0.5, 0.6) is 0 Å². The SMILES string of the molecule is Cc1cc(NC(=O)c2cccc(Nc3ccnc(N)c3C(=N)O[C@@H]3CCCN(C(=O)C4CC4)C3)c2)ccc1C(C)C. The molecule has 9 heteroatoms. The molecular formula is C32H38N6O3. The number of nitrogens with zero attached hydrogens (tertiary/aromatic N) is 2. The molecule has 1 saturated carbocycles.